The van der Waals surface area contributed by atoms with Gasteiger partial charge < -0.3 is 0 Å². The van der Waals surface area contributed by atoms with Gasteiger partial charge in [-0.3, -0.25) is 14.0 Å². The van der Waals surface area contributed by atoms with Gasteiger partial charge in [-0.25, -0.2) is 41.9 Å². The number of pyridine rings is 2. The fraction of sp³-hybridized carbons (Fsp3) is 0. The molecular formula is C26H4F4N8O2. The maximum Gasteiger partial charge on any atom is 0.266 e. The Morgan fingerprint density at radius 1 is 0.600 bits per heavy atom. The van der Waals surface area contributed by atoms with Gasteiger partial charge in [-0.15, -0.1) is 0 Å². The summed E-state index contributed by atoms with van der Waals surface area (Å²) in [6, 6.07) is 9.18. The Hall–Kier alpha value is -6.02. The van der Waals surface area contributed by atoms with Gasteiger partial charge in [-0.1, -0.05) is 0 Å². The smallest absolute Gasteiger partial charge is 0.266 e. The van der Waals surface area contributed by atoms with E-state index in [1.54, 1.807) is 12.1 Å². The Balaban J connectivity index is 1.64. The minimum Gasteiger partial charge on any atom is -0.268 e. The van der Waals surface area contributed by atoms with Crippen molar-refractivity contribution in [2.24, 2.45) is 0 Å². The Labute approximate surface area is 214 Å². The lowest BCUT2D eigenvalue weighted by Gasteiger charge is -2.11. The Morgan fingerprint density at radius 2 is 1.12 bits per heavy atom. The van der Waals surface area contributed by atoms with Gasteiger partial charge in [0, 0.05) is 32.3 Å². The van der Waals surface area contributed by atoms with E-state index >= 15 is 0 Å². The highest BCUT2D eigenvalue weighted by Crippen LogP contribution is 2.37. The molecule has 0 aliphatic heterocycles. The molecule has 0 fully saturated rings. The predicted octanol–water partition coefficient (Wildman–Crippen LogP) is 3.43. The molecule has 40 heavy (non-hydrogen) atoms. The van der Waals surface area contributed by atoms with E-state index in [2.05, 4.69) is 19.9 Å². The number of hydrogen-bond donors (Lipinski definition) is 0. The Bertz CT molecular complexity index is 2720. The van der Waals surface area contributed by atoms with Gasteiger partial charge in [-0.05, 0) is 24.3 Å². The first kappa shape index (κ1) is 22.0. The van der Waals surface area contributed by atoms with E-state index in [1.807, 2.05) is 0 Å². The molecule has 14 heteroatoms. The summed E-state index contributed by atoms with van der Waals surface area (Å²) >= 11 is 0. The number of halogens is 4. The van der Waals surface area contributed by atoms with Crippen molar-refractivity contribution in [3.05, 3.63) is 79.6 Å². The van der Waals surface area contributed by atoms with Crippen LogP contribution in [0.15, 0.2) is 33.9 Å². The predicted molar refractivity (Wildman–Crippen MR) is 131 cm³/mol. The first-order valence-electron chi connectivity index (χ1n) is 11.3. The van der Waals surface area contributed by atoms with Crippen molar-refractivity contribution in [2.75, 3.05) is 0 Å². The number of aromatic nitrogens is 6. The average molecular weight is 536 g/mol. The van der Waals surface area contributed by atoms with Gasteiger partial charge in [-0.2, -0.15) is 10.5 Å². The molecule has 0 saturated carbocycles. The van der Waals surface area contributed by atoms with Gasteiger partial charge in [0.25, 0.3) is 11.1 Å². The molecule has 0 bridgehead atoms. The Kier molecular flexibility index (Phi) is 3.79. The molecule has 0 spiro atoms. The summed E-state index contributed by atoms with van der Waals surface area (Å²) in [6.07, 6.45) is 0. The minimum atomic E-state index is -2.08. The zero-order chi connectivity index (χ0) is 27.8. The molecule has 0 radical (unpaired) electrons. The number of benzene rings is 3. The number of nitrogens with zero attached hydrogens (tertiary/aromatic N) is 8. The SMILES string of the molecule is N#Cc1nc2nc3c4ccc5c(=O)n6c(nc7c(F)c(F)c(F)c(F)c76)c6ccc(c(=O)n3c2nc1C#N)c4c56. The van der Waals surface area contributed by atoms with E-state index in [9.17, 15) is 37.7 Å². The lowest BCUT2D eigenvalue weighted by atomic mass is 9.96. The van der Waals surface area contributed by atoms with Gasteiger partial charge >= 0.3 is 0 Å². The molecule has 5 aromatic heterocycles. The van der Waals surface area contributed by atoms with E-state index in [4.69, 9.17) is 0 Å². The van der Waals surface area contributed by atoms with Crippen LogP contribution in [0.3, 0.4) is 0 Å². The van der Waals surface area contributed by atoms with Crippen molar-refractivity contribution in [3.8, 4) is 12.1 Å². The molecule has 0 aliphatic rings. The monoisotopic (exact) mass is 536 g/mol. The third kappa shape index (κ3) is 2.28. The molecule has 8 aromatic rings. The van der Waals surface area contributed by atoms with Crippen molar-refractivity contribution in [1.29, 1.82) is 10.5 Å². The van der Waals surface area contributed by atoms with Gasteiger partial charge in [0.15, 0.2) is 51.6 Å². The first-order valence-corrected chi connectivity index (χ1v) is 11.3. The van der Waals surface area contributed by atoms with Crippen LogP contribution in [0.1, 0.15) is 11.4 Å². The second-order valence-corrected chi connectivity index (χ2v) is 8.97. The summed E-state index contributed by atoms with van der Waals surface area (Å²) in [4.78, 5) is 43.8. The molecule has 0 unspecified atom stereocenters. The minimum absolute atomic E-state index is 0.0286. The molecular weight excluding hydrogens is 532 g/mol. The van der Waals surface area contributed by atoms with Crippen molar-refractivity contribution in [2.45, 2.75) is 0 Å². The third-order valence-corrected chi connectivity index (χ3v) is 7.09. The third-order valence-electron chi connectivity index (χ3n) is 7.09. The van der Waals surface area contributed by atoms with Crippen LogP contribution in [0.5, 0.6) is 0 Å². The molecule has 8 rings (SSSR count). The van der Waals surface area contributed by atoms with E-state index in [-0.39, 0.29) is 60.9 Å². The number of imidazole rings is 2. The molecule has 5 heterocycles. The van der Waals surface area contributed by atoms with Crippen molar-refractivity contribution in [1.82, 2.24) is 28.7 Å². The Morgan fingerprint density at radius 3 is 1.75 bits per heavy atom. The van der Waals surface area contributed by atoms with Crippen LogP contribution in [-0.4, -0.2) is 28.7 Å². The molecule has 0 amide bonds. The molecule has 0 aliphatic carbocycles. The lowest BCUT2D eigenvalue weighted by Crippen LogP contribution is -2.17. The summed E-state index contributed by atoms with van der Waals surface area (Å²) in [5.74, 6) is -7.66. The van der Waals surface area contributed by atoms with Gasteiger partial charge in [0.1, 0.15) is 28.8 Å². The van der Waals surface area contributed by atoms with Gasteiger partial charge in [0.2, 0.25) is 0 Å². The zero-order valence-corrected chi connectivity index (χ0v) is 19.2. The van der Waals surface area contributed by atoms with Gasteiger partial charge in [0.05, 0.1) is 0 Å². The largest absolute Gasteiger partial charge is 0.268 e. The maximum absolute atomic E-state index is 14.8. The molecule has 188 valence electrons. The number of nitriles is 2. The summed E-state index contributed by atoms with van der Waals surface area (Å²) < 4.78 is 59.3. The summed E-state index contributed by atoms with van der Waals surface area (Å²) in [5, 5.41) is 19.8. The van der Waals surface area contributed by atoms with E-state index in [0.29, 0.717) is 9.79 Å². The lowest BCUT2D eigenvalue weighted by molar-refractivity contribution is 0.416. The van der Waals surface area contributed by atoms with Crippen LogP contribution in [0.25, 0.3) is 65.9 Å². The van der Waals surface area contributed by atoms with E-state index < -0.39 is 45.4 Å². The van der Waals surface area contributed by atoms with Crippen LogP contribution < -0.4 is 11.1 Å². The number of rotatable bonds is 0. The average Bonchev–Trinajstić information content (AvgIpc) is 3.55. The zero-order valence-electron chi connectivity index (χ0n) is 19.2. The highest BCUT2D eigenvalue weighted by Gasteiger charge is 2.28. The molecule has 0 N–H and O–H groups in total. The normalized spacial score (nSPS) is 12.2. The number of hydrogen-bond acceptors (Lipinski definition) is 8. The molecule has 0 atom stereocenters. The standard InChI is InChI=1S/C26H4F4N8O2/c27-15-16(28)18(30)20-19(17(15)29)35-22-7-1-4-10-14-8(2-3-9(13(7)14)25(39)37(20)22)23-36-21-24(38(23)26(10)40)34-12(6-32)11(5-31)33-21/h1-4H. The number of fused-ring (bicyclic) bond motifs is 8. The topological polar surface area (TPSA) is 142 Å². The van der Waals surface area contributed by atoms with Crippen molar-refractivity contribution in [3.63, 3.8) is 0 Å². The highest BCUT2D eigenvalue weighted by atomic mass is 19.2. The van der Waals surface area contributed by atoms with Crippen LogP contribution in [-0.2, 0) is 0 Å². The summed E-state index contributed by atoms with van der Waals surface area (Å²) in [7, 11) is 0. The van der Waals surface area contributed by atoms with E-state index in [0.717, 1.165) is 4.40 Å². The first-order chi connectivity index (χ1) is 19.3. The second kappa shape index (κ2) is 6.89. The van der Waals surface area contributed by atoms with Crippen LogP contribution in [0.4, 0.5) is 17.6 Å². The van der Waals surface area contributed by atoms with E-state index in [1.165, 1.54) is 24.3 Å². The summed E-state index contributed by atoms with van der Waals surface area (Å²) in [5.41, 5.74) is -4.13. The summed E-state index contributed by atoms with van der Waals surface area (Å²) in [6.45, 7) is 0. The van der Waals surface area contributed by atoms with Crippen molar-refractivity contribution < 1.29 is 17.6 Å². The second-order valence-electron chi connectivity index (χ2n) is 8.97. The van der Waals surface area contributed by atoms with Crippen LogP contribution >= 0.6 is 0 Å². The van der Waals surface area contributed by atoms with Crippen LogP contribution in [0.2, 0.25) is 0 Å². The fourth-order valence-corrected chi connectivity index (χ4v) is 5.44. The molecule has 3 aromatic carbocycles. The fourth-order valence-electron chi connectivity index (χ4n) is 5.44. The maximum atomic E-state index is 14.8. The highest BCUT2D eigenvalue weighted by molar-refractivity contribution is 6.27. The van der Waals surface area contributed by atoms with Crippen LogP contribution in [0, 0.1) is 45.9 Å². The molecule has 10 nitrogen and oxygen atoms in total. The van der Waals surface area contributed by atoms with Crippen molar-refractivity contribution >= 4 is 65.9 Å². The molecule has 0 saturated heterocycles. The quantitative estimate of drug-likeness (QED) is 0.124.